The number of para-hydroxylation sites is 1. The summed E-state index contributed by atoms with van der Waals surface area (Å²) in [5, 5.41) is 8.15. The summed E-state index contributed by atoms with van der Waals surface area (Å²) in [5.74, 6) is 0.833. The van der Waals surface area contributed by atoms with Gasteiger partial charge >= 0.3 is 0 Å². The maximum absolute atomic E-state index is 12.6. The number of methoxy groups -OCH3 is 1. The molecule has 2 heterocycles. The summed E-state index contributed by atoms with van der Waals surface area (Å²) >= 11 is 0.746. The van der Waals surface area contributed by atoms with Gasteiger partial charge in [-0.15, -0.1) is 0 Å². The highest BCUT2D eigenvalue weighted by Gasteiger charge is 2.41. The Hall–Kier alpha value is -3.64. The molecule has 0 aromatic heterocycles. The lowest BCUT2D eigenvalue weighted by Gasteiger charge is -2.23. The maximum Gasteiger partial charge on any atom is 0.283 e. The van der Waals surface area contributed by atoms with Crippen molar-refractivity contribution in [2.45, 2.75) is 13.3 Å². The number of amidine groups is 3. The summed E-state index contributed by atoms with van der Waals surface area (Å²) in [7, 11) is -2.22. The maximum atomic E-state index is 12.6. The number of carbonyl (C=O) groups is 1. The number of nitrogens with one attached hydrogen (secondary N) is 1. The summed E-state index contributed by atoms with van der Waals surface area (Å²) in [4.78, 5) is 17.5. The predicted octanol–water partition coefficient (Wildman–Crippen LogP) is 3.47. The number of rotatable bonds is 8. The smallest absolute Gasteiger partial charge is 0.283 e. The average molecular weight is 529 g/mol. The molecule has 12 heteroatoms. The number of ether oxygens (including phenoxy) is 3. The highest BCUT2D eigenvalue weighted by atomic mass is 32.2. The summed E-state index contributed by atoms with van der Waals surface area (Å²) in [6.45, 7) is 2.89. The first-order valence-electron chi connectivity index (χ1n) is 10.9. The molecule has 0 atom stereocenters. The summed E-state index contributed by atoms with van der Waals surface area (Å²) in [6, 6.07) is 12.9. The Kier molecular flexibility index (Phi) is 7.45. The third-order valence-corrected chi connectivity index (χ3v) is 6.98. The lowest BCUT2D eigenvalue weighted by atomic mass is 10.1. The van der Waals surface area contributed by atoms with Crippen molar-refractivity contribution in [3.63, 3.8) is 0 Å². The lowest BCUT2D eigenvalue weighted by molar-refractivity contribution is -0.114. The number of aliphatic imine (C=N–C) groups is 1. The normalized spacial score (nSPS) is 16.5. The summed E-state index contributed by atoms with van der Waals surface area (Å²) < 4.78 is 45.0. The fraction of sp³-hybridized carbons (Fsp3) is 0.250. The number of aryl methyl sites for hydroxylation is 1. The zero-order valence-corrected chi connectivity index (χ0v) is 21.5. The molecule has 2 aromatic rings. The van der Waals surface area contributed by atoms with Crippen LogP contribution in [0.15, 0.2) is 57.4 Å². The van der Waals surface area contributed by atoms with E-state index in [1.54, 1.807) is 18.2 Å². The Morgan fingerprint density at radius 1 is 1.08 bits per heavy atom. The molecule has 0 saturated carbocycles. The van der Waals surface area contributed by atoms with E-state index in [0.717, 1.165) is 34.4 Å². The molecule has 2 aliphatic rings. The van der Waals surface area contributed by atoms with E-state index in [1.165, 1.54) is 13.2 Å². The first-order valence-corrected chi connectivity index (χ1v) is 13.5. The molecule has 0 unspecified atom stereocenters. The van der Waals surface area contributed by atoms with Crippen LogP contribution in [0.2, 0.25) is 0 Å². The Morgan fingerprint density at radius 3 is 2.50 bits per heavy atom. The van der Waals surface area contributed by atoms with Crippen LogP contribution in [-0.2, 0) is 14.6 Å². The van der Waals surface area contributed by atoms with Crippen molar-refractivity contribution in [1.29, 1.82) is 5.41 Å². The molecule has 0 spiro atoms. The fourth-order valence-corrected chi connectivity index (χ4v) is 5.28. The molecule has 10 nitrogen and oxygen atoms in total. The highest BCUT2D eigenvalue weighted by Crippen LogP contribution is 2.32. The van der Waals surface area contributed by atoms with E-state index >= 15 is 0 Å². The molecule has 0 radical (unpaired) electrons. The molecule has 36 heavy (non-hydrogen) atoms. The van der Waals surface area contributed by atoms with Crippen LogP contribution in [0.1, 0.15) is 17.5 Å². The Balaban J connectivity index is 1.44. The van der Waals surface area contributed by atoms with Gasteiger partial charge in [-0.3, -0.25) is 10.2 Å². The van der Waals surface area contributed by atoms with E-state index in [-0.39, 0.29) is 21.7 Å². The van der Waals surface area contributed by atoms with Crippen LogP contribution < -0.4 is 14.2 Å². The largest absolute Gasteiger partial charge is 0.493 e. The van der Waals surface area contributed by atoms with Crippen molar-refractivity contribution in [2.24, 2.45) is 9.39 Å². The van der Waals surface area contributed by atoms with Gasteiger partial charge in [-0.05, 0) is 42.3 Å². The first-order chi connectivity index (χ1) is 17.2. The molecule has 0 aliphatic carbocycles. The molecule has 188 valence electrons. The zero-order valence-electron chi connectivity index (χ0n) is 19.8. The van der Waals surface area contributed by atoms with Gasteiger partial charge in [0.05, 0.1) is 37.8 Å². The number of sulfone groups is 1. The van der Waals surface area contributed by atoms with Gasteiger partial charge in [0.25, 0.3) is 5.91 Å². The molecule has 2 aliphatic heterocycles. The van der Waals surface area contributed by atoms with Crippen LogP contribution in [0.5, 0.6) is 17.2 Å². The van der Waals surface area contributed by atoms with E-state index in [2.05, 4.69) is 9.39 Å². The fourth-order valence-electron chi connectivity index (χ4n) is 3.44. The standard InChI is InChI=1S/C24H24N4O6S2/c1-15-7-4-5-8-18(15)33-11-6-12-34-19-10-9-16(14-20(19)32-2)13-17-21(25)28-23(26-22(17)29)35-27-24(28)36(3,30)31/h4-5,7-10,13-14,25H,6,11-12H2,1-3H3/b17-13-,25-21?. The Morgan fingerprint density at radius 2 is 1.81 bits per heavy atom. The molecule has 0 bridgehead atoms. The van der Waals surface area contributed by atoms with Gasteiger partial charge in [-0.1, -0.05) is 24.3 Å². The number of hydrogen-bond donors (Lipinski definition) is 1. The topological polar surface area (TPSA) is 131 Å². The van der Waals surface area contributed by atoms with Crippen molar-refractivity contribution in [2.75, 3.05) is 26.6 Å². The van der Waals surface area contributed by atoms with E-state index in [9.17, 15) is 13.2 Å². The van der Waals surface area contributed by atoms with Crippen LogP contribution in [0.3, 0.4) is 0 Å². The number of hydrogen-bond acceptors (Lipinski definition) is 9. The minimum absolute atomic E-state index is 0.0373. The predicted molar refractivity (Wildman–Crippen MR) is 140 cm³/mol. The van der Waals surface area contributed by atoms with E-state index in [1.807, 2.05) is 31.2 Å². The van der Waals surface area contributed by atoms with Gasteiger partial charge in [-0.2, -0.15) is 9.39 Å². The van der Waals surface area contributed by atoms with Gasteiger partial charge in [0, 0.05) is 12.7 Å². The second-order valence-corrected chi connectivity index (χ2v) is 10.5. The number of carbonyl (C=O) groups excluding carboxylic acids is 1. The van der Waals surface area contributed by atoms with Crippen LogP contribution >= 0.6 is 11.9 Å². The van der Waals surface area contributed by atoms with E-state index in [4.69, 9.17) is 19.6 Å². The third kappa shape index (κ3) is 5.44. The van der Waals surface area contributed by atoms with Gasteiger partial charge < -0.3 is 14.2 Å². The quantitative estimate of drug-likeness (QED) is 0.313. The van der Waals surface area contributed by atoms with Gasteiger partial charge in [0.15, 0.2) is 11.5 Å². The molecular formula is C24H24N4O6S2. The minimum Gasteiger partial charge on any atom is -0.493 e. The number of nitrogens with zero attached hydrogens (tertiary/aromatic N) is 3. The molecule has 4 rings (SSSR count). The molecular weight excluding hydrogens is 504 g/mol. The SMILES string of the molecule is COc1cc(/C=C2/C(=N)N3C(=NC2=O)SN=C3S(C)(=O)=O)ccc1OCCCOc1ccccc1C. The average Bonchev–Trinajstić information content (AvgIpc) is 3.27. The van der Waals surface area contributed by atoms with Crippen molar-refractivity contribution in [1.82, 2.24) is 4.90 Å². The second kappa shape index (κ2) is 10.5. The van der Waals surface area contributed by atoms with Gasteiger partial charge in [0.2, 0.25) is 20.2 Å². The van der Waals surface area contributed by atoms with Crippen LogP contribution in [0.25, 0.3) is 6.08 Å². The summed E-state index contributed by atoms with van der Waals surface area (Å²) in [5.41, 5.74) is 1.56. The molecule has 0 saturated heterocycles. The van der Waals surface area contributed by atoms with Gasteiger partial charge in [-0.25, -0.2) is 13.3 Å². The van der Waals surface area contributed by atoms with E-state index in [0.29, 0.717) is 36.7 Å². The third-order valence-electron chi connectivity index (χ3n) is 5.22. The number of amides is 1. The lowest BCUT2D eigenvalue weighted by Crippen LogP contribution is -2.45. The number of benzene rings is 2. The van der Waals surface area contributed by atoms with Crippen molar-refractivity contribution in [3.05, 3.63) is 59.2 Å². The van der Waals surface area contributed by atoms with Gasteiger partial charge in [0.1, 0.15) is 11.6 Å². The minimum atomic E-state index is -3.72. The zero-order chi connectivity index (χ0) is 25.9. The highest BCUT2D eigenvalue weighted by molar-refractivity contribution is 8.16. The molecule has 2 aromatic carbocycles. The number of fused-ring (bicyclic) bond motifs is 1. The van der Waals surface area contributed by atoms with Crippen molar-refractivity contribution in [3.8, 4) is 17.2 Å². The van der Waals surface area contributed by atoms with Crippen LogP contribution in [0, 0.1) is 12.3 Å². The Bertz CT molecular complexity index is 1420. The summed E-state index contributed by atoms with van der Waals surface area (Å²) in [6.07, 6.45) is 3.10. The molecule has 1 N–H and O–H groups in total. The van der Waals surface area contributed by atoms with E-state index < -0.39 is 15.7 Å². The van der Waals surface area contributed by atoms with Crippen LogP contribution in [0.4, 0.5) is 0 Å². The molecule has 0 fully saturated rings. The van der Waals surface area contributed by atoms with Crippen molar-refractivity contribution < 1.29 is 27.4 Å². The van der Waals surface area contributed by atoms with Crippen molar-refractivity contribution >= 4 is 49.9 Å². The Labute approximate surface area is 213 Å². The van der Waals surface area contributed by atoms with Crippen LogP contribution in [-0.4, -0.2) is 62.0 Å². The molecule has 1 amide bonds. The first kappa shape index (κ1) is 25.5. The monoisotopic (exact) mass is 528 g/mol. The second-order valence-electron chi connectivity index (χ2n) is 7.91.